The summed E-state index contributed by atoms with van der Waals surface area (Å²) in [4.78, 5) is 39.1. The molecule has 2 N–H and O–H groups in total. The fraction of sp³-hybridized carbons (Fsp3) is 0.591. The van der Waals surface area contributed by atoms with Gasteiger partial charge >= 0.3 is 11.9 Å². The highest BCUT2D eigenvalue weighted by Crippen LogP contribution is 2.51. The average molecular weight is 499 g/mol. The number of aliphatic carboxylic acids is 1. The summed E-state index contributed by atoms with van der Waals surface area (Å²) in [5, 5.41) is 12.8. The number of thioether (sulfide) groups is 3. The minimum atomic E-state index is -0.976. The molecule has 2 aliphatic rings. The summed E-state index contributed by atoms with van der Waals surface area (Å²) in [6.07, 6.45) is 0.449. The summed E-state index contributed by atoms with van der Waals surface area (Å²) in [7, 11) is 0. The van der Waals surface area contributed by atoms with E-state index in [1.165, 1.54) is 4.90 Å². The highest BCUT2D eigenvalue weighted by atomic mass is 32.2. The van der Waals surface area contributed by atoms with Crippen LogP contribution < -0.4 is 5.32 Å². The van der Waals surface area contributed by atoms with Crippen molar-refractivity contribution in [3.8, 4) is 0 Å². The first-order valence-corrected chi connectivity index (χ1v) is 13.8. The second kappa shape index (κ2) is 11.7. The van der Waals surface area contributed by atoms with E-state index in [0.29, 0.717) is 18.7 Å². The van der Waals surface area contributed by atoms with Gasteiger partial charge in [0.05, 0.1) is 16.7 Å². The summed E-state index contributed by atoms with van der Waals surface area (Å²) < 4.78 is 4.98. The van der Waals surface area contributed by atoms with Gasteiger partial charge in [0.25, 0.3) is 0 Å². The van der Waals surface area contributed by atoms with Crippen LogP contribution in [0.25, 0.3) is 0 Å². The van der Waals surface area contributed by atoms with E-state index in [1.54, 1.807) is 49.1 Å². The van der Waals surface area contributed by atoms with Crippen LogP contribution in [0, 0.1) is 0 Å². The van der Waals surface area contributed by atoms with Gasteiger partial charge in [-0.2, -0.15) is 11.8 Å². The molecular weight excluding hydrogens is 468 g/mol. The predicted octanol–water partition coefficient (Wildman–Crippen LogP) is 2.69. The predicted molar refractivity (Wildman–Crippen MR) is 131 cm³/mol. The first-order chi connectivity index (χ1) is 15.3. The molecule has 10 heteroatoms. The van der Waals surface area contributed by atoms with Crippen molar-refractivity contribution in [2.24, 2.45) is 0 Å². The van der Waals surface area contributed by atoms with Gasteiger partial charge in [-0.1, -0.05) is 30.3 Å². The van der Waals surface area contributed by atoms with Gasteiger partial charge in [-0.3, -0.25) is 14.9 Å². The molecule has 176 valence electrons. The van der Waals surface area contributed by atoms with E-state index in [2.05, 4.69) is 5.32 Å². The number of hydrogen-bond acceptors (Lipinski definition) is 8. The summed E-state index contributed by atoms with van der Waals surface area (Å²) in [5.41, 5.74) is 1.16. The third-order valence-corrected chi connectivity index (χ3v) is 9.99. The lowest BCUT2D eigenvalue weighted by Gasteiger charge is -2.28. The maximum atomic E-state index is 13.2. The Bertz CT molecular complexity index is 804. The van der Waals surface area contributed by atoms with E-state index in [4.69, 9.17) is 4.74 Å². The molecular formula is C22H30N2O5S3. The normalized spacial score (nSPS) is 21.4. The first kappa shape index (κ1) is 25.3. The molecule has 1 aromatic rings. The number of likely N-dealkylation sites (tertiary alicyclic amines) is 1. The van der Waals surface area contributed by atoms with E-state index in [-0.39, 0.29) is 16.6 Å². The van der Waals surface area contributed by atoms with E-state index in [1.807, 2.05) is 30.3 Å². The van der Waals surface area contributed by atoms with E-state index < -0.39 is 30.1 Å². The fourth-order valence-electron chi connectivity index (χ4n) is 3.92. The number of esters is 1. The number of nitrogens with zero attached hydrogens (tertiary/aromatic N) is 1. The highest BCUT2D eigenvalue weighted by Gasteiger charge is 2.52. The maximum absolute atomic E-state index is 13.2. The molecule has 0 saturated carbocycles. The van der Waals surface area contributed by atoms with Gasteiger partial charge in [-0.25, -0.2) is 4.79 Å². The number of benzene rings is 1. The van der Waals surface area contributed by atoms with Crippen LogP contribution in [0.1, 0.15) is 25.8 Å². The molecule has 0 radical (unpaired) electrons. The Morgan fingerprint density at radius 3 is 2.59 bits per heavy atom. The number of nitrogens with one attached hydrogen (secondary N) is 1. The van der Waals surface area contributed by atoms with E-state index in [9.17, 15) is 19.5 Å². The molecule has 3 rings (SSSR count). The van der Waals surface area contributed by atoms with Gasteiger partial charge < -0.3 is 14.7 Å². The molecule has 0 aromatic heterocycles. The number of carboxylic acids is 1. The fourth-order valence-corrected chi connectivity index (χ4v) is 8.19. The van der Waals surface area contributed by atoms with Crippen molar-refractivity contribution < 1.29 is 24.2 Å². The Morgan fingerprint density at radius 2 is 1.97 bits per heavy atom. The number of carbonyl (C=O) groups is 3. The Kier molecular flexibility index (Phi) is 9.22. The van der Waals surface area contributed by atoms with Crippen molar-refractivity contribution in [1.29, 1.82) is 0 Å². The second-order valence-electron chi connectivity index (χ2n) is 7.83. The minimum Gasteiger partial charge on any atom is -0.480 e. The van der Waals surface area contributed by atoms with Crippen molar-refractivity contribution in [1.82, 2.24) is 10.2 Å². The van der Waals surface area contributed by atoms with E-state index in [0.717, 1.165) is 22.8 Å². The van der Waals surface area contributed by atoms with Crippen LogP contribution >= 0.6 is 35.3 Å². The molecule has 32 heavy (non-hydrogen) atoms. The van der Waals surface area contributed by atoms with Crippen molar-refractivity contribution in [3.63, 3.8) is 0 Å². The van der Waals surface area contributed by atoms with Gasteiger partial charge in [-0.15, -0.1) is 23.5 Å². The number of ether oxygens (including phenoxy) is 1. The van der Waals surface area contributed by atoms with Gasteiger partial charge in [-0.05, 0) is 19.4 Å². The average Bonchev–Trinajstić information content (AvgIpc) is 3.40. The van der Waals surface area contributed by atoms with Crippen LogP contribution in [0.4, 0.5) is 0 Å². The van der Waals surface area contributed by atoms with Gasteiger partial charge in [0.1, 0.15) is 12.1 Å². The van der Waals surface area contributed by atoms with Crippen LogP contribution in [-0.2, 0) is 24.9 Å². The molecule has 1 amide bonds. The number of carbonyl (C=O) groups excluding carboxylic acids is 2. The lowest BCUT2D eigenvalue weighted by atomic mass is 10.2. The summed E-state index contributed by atoms with van der Waals surface area (Å²) in [6.45, 7) is 4.11. The largest absolute Gasteiger partial charge is 0.480 e. The smallest absolute Gasteiger partial charge is 0.326 e. The zero-order valence-electron chi connectivity index (χ0n) is 18.3. The molecule has 3 atom stereocenters. The lowest BCUT2D eigenvalue weighted by molar-refractivity contribution is -0.150. The number of hydrogen-bond donors (Lipinski definition) is 2. The SMILES string of the molecule is CCOC(=O)[C@H](CSCc1ccccc1)N[C@@H](C)C(=O)N1CC2(CC1C(=O)O)SCCS2. The van der Waals surface area contributed by atoms with E-state index >= 15 is 0 Å². The molecule has 2 saturated heterocycles. The molecule has 1 spiro atoms. The summed E-state index contributed by atoms with van der Waals surface area (Å²) in [6, 6.07) is 7.77. The van der Waals surface area contributed by atoms with Gasteiger partial charge in [0.2, 0.25) is 5.91 Å². The zero-order chi connectivity index (χ0) is 23.1. The maximum Gasteiger partial charge on any atom is 0.326 e. The number of carboxylic acid groups (broad SMARTS) is 1. The summed E-state index contributed by atoms with van der Waals surface area (Å²) >= 11 is 5.08. The van der Waals surface area contributed by atoms with Crippen molar-refractivity contribution >= 4 is 53.1 Å². The van der Waals surface area contributed by atoms with Crippen LogP contribution in [-0.4, -0.2) is 80.5 Å². The molecule has 2 aliphatic heterocycles. The molecule has 0 bridgehead atoms. The molecule has 1 aromatic carbocycles. The Labute approximate surface area is 201 Å². The first-order valence-electron chi connectivity index (χ1n) is 10.7. The lowest BCUT2D eigenvalue weighted by Crippen LogP contribution is -2.54. The number of amides is 1. The molecule has 0 aliphatic carbocycles. The third-order valence-electron chi connectivity index (χ3n) is 5.46. The second-order valence-corrected chi connectivity index (χ2v) is 12.1. The van der Waals surface area contributed by atoms with Crippen molar-refractivity contribution in [2.45, 2.75) is 48.2 Å². The highest BCUT2D eigenvalue weighted by molar-refractivity contribution is 8.21. The van der Waals surface area contributed by atoms with Crippen molar-refractivity contribution in [2.75, 3.05) is 30.4 Å². The minimum absolute atomic E-state index is 0.232. The Balaban J connectivity index is 1.63. The molecule has 1 unspecified atom stereocenters. The van der Waals surface area contributed by atoms with Gasteiger partial charge in [0, 0.05) is 36.0 Å². The quantitative estimate of drug-likeness (QED) is 0.472. The third kappa shape index (κ3) is 6.36. The number of rotatable bonds is 10. The molecule has 2 heterocycles. The Hall–Kier alpha value is -1.36. The molecule has 7 nitrogen and oxygen atoms in total. The molecule has 2 fully saturated rings. The van der Waals surface area contributed by atoms with Crippen LogP contribution in [0.15, 0.2) is 30.3 Å². The Morgan fingerprint density at radius 1 is 1.28 bits per heavy atom. The van der Waals surface area contributed by atoms with Gasteiger partial charge in [0.15, 0.2) is 0 Å². The van der Waals surface area contributed by atoms with Crippen LogP contribution in [0.3, 0.4) is 0 Å². The monoisotopic (exact) mass is 498 g/mol. The topological polar surface area (TPSA) is 95.9 Å². The van der Waals surface area contributed by atoms with Crippen molar-refractivity contribution in [3.05, 3.63) is 35.9 Å². The summed E-state index contributed by atoms with van der Waals surface area (Å²) in [5.74, 6) is 1.46. The van der Waals surface area contributed by atoms with Crippen LogP contribution in [0.2, 0.25) is 0 Å². The zero-order valence-corrected chi connectivity index (χ0v) is 20.8. The standard InChI is InChI=1S/C22H30N2O5S3/c1-3-29-21(28)17(13-30-12-16-7-5-4-6-8-16)23-15(2)19(25)24-14-22(31-9-10-32-22)11-18(24)20(26)27/h4-8,15,17-18,23H,3,9-14H2,1-2H3,(H,26,27)/t15-,17-,18?/m0/s1. The van der Waals surface area contributed by atoms with Crippen LogP contribution in [0.5, 0.6) is 0 Å².